The molecule has 3 N–H and O–H groups in total. The van der Waals surface area contributed by atoms with Crippen LogP contribution in [0.2, 0.25) is 0 Å². The number of morpholine rings is 1. The maximum atomic E-state index is 13.5. The molecule has 1 spiro atoms. The lowest BCUT2D eigenvalue weighted by Gasteiger charge is -2.44. The van der Waals surface area contributed by atoms with Crippen molar-refractivity contribution in [2.45, 2.75) is 42.8 Å². The first-order chi connectivity index (χ1) is 24.8. The van der Waals surface area contributed by atoms with Crippen LogP contribution >= 0.6 is 0 Å². The van der Waals surface area contributed by atoms with Gasteiger partial charge < -0.3 is 29.7 Å². The van der Waals surface area contributed by atoms with Crippen LogP contribution in [0.3, 0.4) is 0 Å². The number of carboxylic acids is 3. The largest absolute Gasteiger partial charge is 0.492 e. The third kappa shape index (κ3) is 14.1. The van der Waals surface area contributed by atoms with Crippen molar-refractivity contribution in [3.8, 4) is 5.75 Å². The summed E-state index contributed by atoms with van der Waals surface area (Å²) in [4.78, 5) is 35.9. The number of alkyl halides is 9. The molecular formula is C30H35F9N4O10S. The molecule has 24 heteroatoms. The van der Waals surface area contributed by atoms with Crippen molar-refractivity contribution in [3.05, 3.63) is 48.3 Å². The zero-order chi connectivity index (χ0) is 41.1. The van der Waals surface area contributed by atoms with Crippen LogP contribution in [0.1, 0.15) is 18.5 Å². The number of rotatable bonds is 3. The number of aliphatic carboxylic acids is 3. The molecule has 0 unspecified atom stereocenters. The molecule has 2 aromatic rings. The van der Waals surface area contributed by atoms with Gasteiger partial charge in [-0.2, -0.15) is 39.5 Å². The van der Waals surface area contributed by atoms with Crippen LogP contribution in [-0.4, -0.2) is 134 Å². The maximum absolute atomic E-state index is 13.5. The summed E-state index contributed by atoms with van der Waals surface area (Å²) in [6.07, 6.45) is -11.6. The Labute approximate surface area is 301 Å². The highest BCUT2D eigenvalue weighted by Crippen LogP contribution is 2.40. The zero-order valence-electron chi connectivity index (χ0n) is 28.1. The Balaban J connectivity index is 0.000000393. The number of carbonyl (C=O) groups is 3. The van der Waals surface area contributed by atoms with E-state index in [1.54, 1.807) is 13.1 Å². The summed E-state index contributed by atoms with van der Waals surface area (Å²) in [5, 5.41) is 21.4. The lowest BCUT2D eigenvalue weighted by Crippen LogP contribution is -2.50. The molecular weight excluding hydrogens is 779 g/mol. The van der Waals surface area contributed by atoms with E-state index in [1.807, 2.05) is 36.5 Å². The van der Waals surface area contributed by atoms with Crippen LogP contribution in [0.5, 0.6) is 5.75 Å². The second-order valence-electron chi connectivity index (χ2n) is 11.8. The van der Waals surface area contributed by atoms with E-state index in [2.05, 4.69) is 14.8 Å². The maximum Gasteiger partial charge on any atom is 0.490 e. The number of anilines is 1. The number of piperidine rings is 1. The Morgan fingerprint density at radius 1 is 0.815 bits per heavy atom. The molecule has 54 heavy (non-hydrogen) atoms. The number of sulfonamides is 1. The first kappa shape index (κ1) is 45.7. The van der Waals surface area contributed by atoms with Crippen LogP contribution in [0.15, 0.2) is 47.5 Å². The second kappa shape index (κ2) is 18.8. The van der Waals surface area contributed by atoms with Gasteiger partial charge in [0.2, 0.25) is 10.0 Å². The number of hydrogen-bond acceptors (Lipinski definition) is 10. The van der Waals surface area contributed by atoms with E-state index in [0.29, 0.717) is 32.1 Å². The van der Waals surface area contributed by atoms with Crippen molar-refractivity contribution in [2.24, 2.45) is 5.41 Å². The quantitative estimate of drug-likeness (QED) is 0.376. The standard InChI is InChI=1S/C24H32N4O4S.3C2HF3O2/c1-26-18-24(7-10-27(11-8-24)17-20-4-2-3-9-25-20)19-32-22-6-5-21(16-23(22)33(26,29)30)28-12-14-31-15-13-28;3*3-2(4,5)1(6)7/h2-6,9,16H,7-8,10-15,17-19H2,1H3;3*(H,6,7). The number of benzene rings is 1. The third-order valence-corrected chi connectivity index (χ3v) is 9.66. The Morgan fingerprint density at radius 2 is 1.31 bits per heavy atom. The fourth-order valence-electron chi connectivity index (χ4n) is 5.05. The molecule has 2 saturated heterocycles. The number of likely N-dealkylation sites (tertiary alicyclic amines) is 1. The van der Waals surface area contributed by atoms with Gasteiger partial charge in [-0.25, -0.2) is 27.1 Å². The monoisotopic (exact) mass is 814 g/mol. The molecule has 3 aliphatic heterocycles. The molecule has 0 atom stereocenters. The summed E-state index contributed by atoms with van der Waals surface area (Å²) in [6.45, 7) is 6.43. The van der Waals surface area contributed by atoms with Gasteiger partial charge in [0.25, 0.3) is 0 Å². The van der Waals surface area contributed by atoms with Crippen LogP contribution in [0.4, 0.5) is 45.2 Å². The van der Waals surface area contributed by atoms with Gasteiger partial charge >= 0.3 is 36.4 Å². The normalized spacial score (nSPS) is 18.7. The molecule has 14 nitrogen and oxygen atoms in total. The van der Waals surface area contributed by atoms with Gasteiger partial charge in [-0.15, -0.1) is 0 Å². The molecule has 0 bridgehead atoms. The lowest BCUT2D eigenvalue weighted by atomic mass is 9.79. The second-order valence-corrected chi connectivity index (χ2v) is 13.8. The third-order valence-electron chi connectivity index (χ3n) is 7.84. The first-order valence-corrected chi connectivity index (χ1v) is 16.8. The summed E-state index contributed by atoms with van der Waals surface area (Å²) >= 11 is 0. The molecule has 1 aromatic heterocycles. The topological polar surface area (TPSA) is 187 Å². The zero-order valence-corrected chi connectivity index (χ0v) is 28.9. The Hall–Kier alpha value is -4.42. The van der Waals surface area contributed by atoms with Gasteiger partial charge in [-0.05, 0) is 56.3 Å². The molecule has 0 radical (unpaired) electrons. The fraction of sp³-hybridized carbons (Fsp3) is 0.533. The minimum atomic E-state index is -5.08. The number of ether oxygens (including phenoxy) is 2. The smallest absolute Gasteiger partial charge is 0.490 e. The fourth-order valence-corrected chi connectivity index (χ4v) is 6.48. The average molecular weight is 815 g/mol. The van der Waals surface area contributed by atoms with E-state index in [4.69, 9.17) is 39.2 Å². The highest BCUT2D eigenvalue weighted by atomic mass is 32.2. The summed E-state index contributed by atoms with van der Waals surface area (Å²) < 4.78 is 135. The van der Waals surface area contributed by atoms with E-state index >= 15 is 0 Å². The minimum absolute atomic E-state index is 0.191. The average Bonchev–Trinajstić information content (AvgIpc) is 3.08. The first-order valence-electron chi connectivity index (χ1n) is 15.4. The van der Waals surface area contributed by atoms with Crippen LogP contribution in [0.25, 0.3) is 0 Å². The number of pyridine rings is 1. The molecule has 2 fully saturated rings. The number of hydrogen-bond donors (Lipinski definition) is 3. The highest BCUT2D eigenvalue weighted by molar-refractivity contribution is 7.89. The number of halogens is 9. The summed E-state index contributed by atoms with van der Waals surface area (Å²) in [5.41, 5.74) is 1.77. The lowest BCUT2D eigenvalue weighted by molar-refractivity contribution is -0.193. The van der Waals surface area contributed by atoms with Crippen molar-refractivity contribution >= 4 is 33.6 Å². The number of aromatic nitrogens is 1. The summed E-state index contributed by atoms with van der Waals surface area (Å²) in [5.74, 6) is -7.82. The van der Waals surface area contributed by atoms with Crippen molar-refractivity contribution in [1.29, 1.82) is 0 Å². The molecule has 1 aromatic carbocycles. The van der Waals surface area contributed by atoms with Crippen LogP contribution in [0, 0.1) is 5.41 Å². The Morgan fingerprint density at radius 3 is 1.76 bits per heavy atom. The molecule has 4 heterocycles. The van der Waals surface area contributed by atoms with Gasteiger partial charge in [0.05, 0.1) is 25.5 Å². The van der Waals surface area contributed by atoms with E-state index < -0.39 is 46.5 Å². The molecule has 3 aliphatic rings. The predicted molar refractivity (Wildman–Crippen MR) is 167 cm³/mol. The SMILES string of the molecule is CN1CC2(CCN(Cc3ccccn3)CC2)COc2ccc(N3CCOCC3)cc2S1(=O)=O.O=C(O)C(F)(F)F.O=C(O)C(F)(F)F.O=C(O)C(F)(F)F. The molecule has 0 aliphatic carbocycles. The van der Waals surface area contributed by atoms with E-state index in [9.17, 15) is 47.9 Å². The van der Waals surface area contributed by atoms with Gasteiger partial charge in [-0.3, -0.25) is 9.88 Å². The highest BCUT2D eigenvalue weighted by Gasteiger charge is 2.42. The van der Waals surface area contributed by atoms with E-state index in [1.165, 1.54) is 4.31 Å². The van der Waals surface area contributed by atoms with Gasteiger partial charge in [0, 0.05) is 50.5 Å². The van der Waals surface area contributed by atoms with Crippen molar-refractivity contribution < 1.29 is 87.1 Å². The van der Waals surface area contributed by atoms with Crippen LogP contribution < -0.4 is 9.64 Å². The van der Waals surface area contributed by atoms with E-state index in [-0.39, 0.29) is 10.3 Å². The van der Waals surface area contributed by atoms with Crippen molar-refractivity contribution in [3.63, 3.8) is 0 Å². The van der Waals surface area contributed by atoms with E-state index in [0.717, 1.165) is 56.9 Å². The molecule has 0 amide bonds. The Bertz CT molecular complexity index is 1610. The van der Waals surface area contributed by atoms with Gasteiger partial charge in [0.15, 0.2) is 0 Å². The van der Waals surface area contributed by atoms with Crippen LogP contribution in [-0.2, 0) is 35.7 Å². The van der Waals surface area contributed by atoms with Gasteiger partial charge in [0.1, 0.15) is 10.6 Å². The molecule has 5 rings (SSSR count). The van der Waals surface area contributed by atoms with Gasteiger partial charge in [-0.1, -0.05) is 6.07 Å². The summed E-state index contributed by atoms with van der Waals surface area (Å²) in [7, 11) is -1.95. The number of carboxylic acid groups (broad SMARTS) is 3. The Kier molecular flexibility index (Phi) is 15.9. The van der Waals surface area contributed by atoms with Crippen molar-refractivity contribution in [2.75, 3.05) is 64.5 Å². The number of fused-ring (bicyclic) bond motifs is 1. The summed E-state index contributed by atoms with van der Waals surface area (Å²) in [6, 6.07) is 11.5. The van der Waals surface area contributed by atoms with Crippen molar-refractivity contribution in [1.82, 2.24) is 14.2 Å². The molecule has 304 valence electrons. The number of nitrogens with zero attached hydrogens (tertiary/aromatic N) is 4. The molecule has 0 saturated carbocycles. The minimum Gasteiger partial charge on any atom is -0.492 e. The predicted octanol–water partition coefficient (Wildman–Crippen LogP) is 4.11.